The lowest BCUT2D eigenvalue weighted by atomic mass is 9.96. The van der Waals surface area contributed by atoms with E-state index in [9.17, 15) is 17.6 Å². The number of alkyl halides is 3. The highest BCUT2D eigenvalue weighted by Gasteiger charge is 2.38. The summed E-state index contributed by atoms with van der Waals surface area (Å²) in [5.41, 5.74) is -1.35. The quantitative estimate of drug-likeness (QED) is 0.545. The number of hydrogen-bond acceptors (Lipinski definition) is 3. The molecule has 2 unspecified atom stereocenters. The van der Waals surface area contributed by atoms with E-state index in [0.29, 0.717) is 19.0 Å². The van der Waals surface area contributed by atoms with Crippen molar-refractivity contribution in [1.29, 1.82) is 0 Å². The fraction of sp³-hybridized carbons (Fsp3) is 0.455. The van der Waals surface area contributed by atoms with Gasteiger partial charge in [-0.3, -0.25) is 0 Å². The first-order valence-corrected chi connectivity index (χ1v) is 9.64. The van der Waals surface area contributed by atoms with Gasteiger partial charge >= 0.3 is 6.18 Å². The van der Waals surface area contributed by atoms with E-state index in [4.69, 9.17) is 14.2 Å². The van der Waals surface area contributed by atoms with Crippen LogP contribution in [0.4, 0.5) is 17.6 Å². The van der Waals surface area contributed by atoms with Crippen molar-refractivity contribution in [1.82, 2.24) is 0 Å². The zero-order valence-electron chi connectivity index (χ0n) is 16.4. The molecule has 1 saturated heterocycles. The fourth-order valence-electron chi connectivity index (χ4n) is 3.34. The van der Waals surface area contributed by atoms with Crippen LogP contribution in [0.5, 0.6) is 5.75 Å². The van der Waals surface area contributed by atoms with Crippen molar-refractivity contribution in [3.8, 4) is 16.9 Å². The highest BCUT2D eigenvalue weighted by Crippen LogP contribution is 2.40. The van der Waals surface area contributed by atoms with Gasteiger partial charge in [0.15, 0.2) is 0 Å². The maximum Gasteiger partial charge on any atom is 0.419 e. The van der Waals surface area contributed by atoms with Crippen molar-refractivity contribution in [2.24, 2.45) is 0 Å². The molecule has 3 rings (SSSR count). The van der Waals surface area contributed by atoms with E-state index in [1.165, 1.54) is 24.3 Å². The smallest absolute Gasteiger partial charge is 0.419 e. The highest BCUT2D eigenvalue weighted by molar-refractivity contribution is 5.69. The Labute approximate surface area is 167 Å². The van der Waals surface area contributed by atoms with Crippen molar-refractivity contribution in [3.05, 3.63) is 53.3 Å². The molecule has 2 atom stereocenters. The Bertz CT molecular complexity index is 810. The molecule has 0 aliphatic carbocycles. The standard InChI is InChI=1S/C22H24F4O3/c1-3-27-17-9-5-15(6-10-17)19-11-7-16(21(23)20(19)22(24,25)26)12-29-18-8-4-14(2)28-13-18/h5-7,9-11,14,18H,3-4,8,12-13H2,1-2H3. The summed E-state index contributed by atoms with van der Waals surface area (Å²) in [7, 11) is 0. The SMILES string of the molecule is CCOc1ccc(-c2ccc(COC3CCC(C)OC3)c(F)c2C(F)(F)F)cc1. The monoisotopic (exact) mass is 412 g/mol. The first-order valence-electron chi connectivity index (χ1n) is 9.64. The minimum atomic E-state index is -4.84. The van der Waals surface area contributed by atoms with E-state index in [1.807, 2.05) is 13.8 Å². The Hall–Kier alpha value is -2.12. The van der Waals surface area contributed by atoms with Crippen LogP contribution in [-0.4, -0.2) is 25.4 Å². The second-order valence-corrected chi connectivity index (χ2v) is 7.07. The second kappa shape index (κ2) is 9.13. The molecular weight excluding hydrogens is 388 g/mol. The van der Waals surface area contributed by atoms with Crippen LogP contribution in [0.1, 0.15) is 37.8 Å². The number of rotatable bonds is 6. The normalized spacial score (nSPS) is 19.9. The van der Waals surface area contributed by atoms with Crippen LogP contribution < -0.4 is 4.74 Å². The maximum absolute atomic E-state index is 14.9. The largest absolute Gasteiger partial charge is 0.494 e. The first kappa shape index (κ1) is 21.6. The summed E-state index contributed by atoms with van der Waals surface area (Å²) in [6, 6.07) is 8.76. The molecule has 7 heteroatoms. The molecule has 29 heavy (non-hydrogen) atoms. The molecule has 1 heterocycles. The molecule has 0 spiro atoms. The van der Waals surface area contributed by atoms with Gasteiger partial charge in [0.2, 0.25) is 0 Å². The van der Waals surface area contributed by atoms with E-state index < -0.39 is 17.6 Å². The fourth-order valence-corrected chi connectivity index (χ4v) is 3.34. The third-order valence-corrected chi connectivity index (χ3v) is 4.92. The van der Waals surface area contributed by atoms with E-state index in [1.54, 1.807) is 12.1 Å². The predicted molar refractivity (Wildman–Crippen MR) is 101 cm³/mol. The van der Waals surface area contributed by atoms with E-state index >= 15 is 0 Å². The number of halogens is 4. The van der Waals surface area contributed by atoms with Crippen LogP contribution in [0.25, 0.3) is 11.1 Å². The Kier molecular flexibility index (Phi) is 6.80. The maximum atomic E-state index is 14.9. The number of hydrogen-bond donors (Lipinski definition) is 0. The van der Waals surface area contributed by atoms with Crippen LogP contribution in [0, 0.1) is 5.82 Å². The molecular formula is C22H24F4O3. The molecule has 0 radical (unpaired) electrons. The Balaban J connectivity index is 1.85. The van der Waals surface area contributed by atoms with Crippen LogP contribution in [0.2, 0.25) is 0 Å². The molecule has 0 bridgehead atoms. The molecule has 1 aliphatic rings. The second-order valence-electron chi connectivity index (χ2n) is 7.07. The topological polar surface area (TPSA) is 27.7 Å². The van der Waals surface area contributed by atoms with Crippen LogP contribution in [0.3, 0.4) is 0 Å². The predicted octanol–water partition coefficient (Wildman–Crippen LogP) is 5.99. The molecule has 1 aliphatic heterocycles. The van der Waals surface area contributed by atoms with E-state index in [0.717, 1.165) is 12.8 Å². The Morgan fingerprint density at radius 2 is 1.79 bits per heavy atom. The van der Waals surface area contributed by atoms with Gasteiger partial charge in [-0.25, -0.2) is 4.39 Å². The summed E-state index contributed by atoms with van der Waals surface area (Å²) in [5.74, 6) is -0.756. The van der Waals surface area contributed by atoms with Crippen molar-refractivity contribution in [2.45, 2.75) is 51.7 Å². The average Bonchev–Trinajstić information content (AvgIpc) is 2.68. The van der Waals surface area contributed by atoms with Gasteiger partial charge in [-0.2, -0.15) is 13.2 Å². The zero-order chi connectivity index (χ0) is 21.0. The number of ether oxygens (including phenoxy) is 3. The first-order chi connectivity index (χ1) is 13.8. The minimum absolute atomic E-state index is 0.120. The third-order valence-electron chi connectivity index (χ3n) is 4.92. The van der Waals surface area contributed by atoms with Gasteiger partial charge in [0.1, 0.15) is 11.6 Å². The molecule has 0 amide bonds. The molecule has 0 aromatic heterocycles. The summed E-state index contributed by atoms with van der Waals surface area (Å²) in [5, 5.41) is 0. The van der Waals surface area contributed by atoms with Gasteiger partial charge in [-0.05, 0) is 49.9 Å². The van der Waals surface area contributed by atoms with E-state index in [2.05, 4.69) is 0 Å². The van der Waals surface area contributed by atoms with Gasteiger partial charge in [-0.15, -0.1) is 0 Å². The Morgan fingerprint density at radius 3 is 2.38 bits per heavy atom. The molecule has 0 saturated carbocycles. The van der Waals surface area contributed by atoms with Gasteiger partial charge in [0.05, 0.1) is 37.6 Å². The van der Waals surface area contributed by atoms with Gasteiger partial charge < -0.3 is 14.2 Å². The summed E-state index contributed by atoms with van der Waals surface area (Å²) in [4.78, 5) is 0. The lowest BCUT2D eigenvalue weighted by Gasteiger charge is -2.27. The van der Waals surface area contributed by atoms with Gasteiger partial charge in [0, 0.05) is 5.56 Å². The average molecular weight is 412 g/mol. The summed E-state index contributed by atoms with van der Waals surface area (Å²) in [6.45, 7) is 4.33. The van der Waals surface area contributed by atoms with Crippen molar-refractivity contribution in [3.63, 3.8) is 0 Å². The molecule has 1 fully saturated rings. The molecule has 0 N–H and O–H groups in total. The van der Waals surface area contributed by atoms with Crippen LogP contribution in [-0.2, 0) is 22.3 Å². The van der Waals surface area contributed by atoms with Gasteiger partial charge in [0.25, 0.3) is 0 Å². The molecule has 158 valence electrons. The minimum Gasteiger partial charge on any atom is -0.494 e. The lowest BCUT2D eigenvalue weighted by Crippen LogP contribution is -2.29. The van der Waals surface area contributed by atoms with Crippen molar-refractivity contribution in [2.75, 3.05) is 13.2 Å². The lowest BCUT2D eigenvalue weighted by molar-refractivity contribution is -0.139. The summed E-state index contributed by atoms with van der Waals surface area (Å²) < 4.78 is 72.3. The summed E-state index contributed by atoms with van der Waals surface area (Å²) in [6.07, 6.45) is -3.41. The van der Waals surface area contributed by atoms with Crippen molar-refractivity contribution < 1.29 is 31.8 Å². The molecule has 3 nitrogen and oxygen atoms in total. The Morgan fingerprint density at radius 1 is 1.07 bits per heavy atom. The summed E-state index contributed by atoms with van der Waals surface area (Å²) >= 11 is 0. The van der Waals surface area contributed by atoms with Gasteiger partial charge in [-0.1, -0.05) is 24.3 Å². The highest BCUT2D eigenvalue weighted by atomic mass is 19.4. The molecule has 2 aromatic carbocycles. The molecule has 2 aromatic rings. The van der Waals surface area contributed by atoms with Crippen molar-refractivity contribution >= 4 is 0 Å². The van der Waals surface area contributed by atoms with E-state index in [-0.39, 0.29) is 35.5 Å². The third kappa shape index (κ3) is 5.28. The van der Waals surface area contributed by atoms with Crippen LogP contribution >= 0.6 is 0 Å². The van der Waals surface area contributed by atoms with Crippen LogP contribution in [0.15, 0.2) is 36.4 Å². The zero-order valence-corrected chi connectivity index (χ0v) is 16.4. The number of benzene rings is 2.